The molecule has 0 aliphatic carbocycles. The molecule has 0 atom stereocenters. The molecule has 7 heteroatoms. The fourth-order valence-corrected chi connectivity index (χ4v) is 4.11. The summed E-state index contributed by atoms with van der Waals surface area (Å²) in [7, 11) is -1.97. The molecule has 0 saturated heterocycles. The molecule has 0 spiro atoms. The minimum Gasteiger partial charge on any atom is -0.543 e. The second-order valence-electron chi connectivity index (χ2n) is 8.92. The lowest BCUT2D eigenvalue weighted by molar-refractivity contribution is 0.493. The SMILES string of the molecule is CC(C)(C)[Si](C)(C)Oc1ccc2[nH]c(-c3nc4ccccc4[nH]c3=O)c(N)c2c1. The predicted molar refractivity (Wildman–Crippen MR) is 122 cm³/mol. The van der Waals surface area contributed by atoms with E-state index in [1.165, 1.54) is 0 Å². The van der Waals surface area contributed by atoms with Gasteiger partial charge in [0.2, 0.25) is 8.32 Å². The van der Waals surface area contributed by atoms with E-state index in [0.717, 1.165) is 16.7 Å². The lowest BCUT2D eigenvalue weighted by Gasteiger charge is -2.36. The zero-order valence-corrected chi connectivity index (χ0v) is 18.4. The Bertz CT molecular complexity index is 1280. The van der Waals surface area contributed by atoms with Crippen molar-refractivity contribution in [3.63, 3.8) is 0 Å². The van der Waals surface area contributed by atoms with Gasteiger partial charge in [-0.15, -0.1) is 0 Å². The van der Waals surface area contributed by atoms with Crippen molar-refractivity contribution in [1.82, 2.24) is 15.0 Å². The molecule has 4 N–H and O–H groups in total. The highest BCUT2D eigenvalue weighted by molar-refractivity contribution is 6.74. The number of aromatic amines is 2. The smallest absolute Gasteiger partial charge is 0.276 e. The Balaban J connectivity index is 1.81. The first-order chi connectivity index (χ1) is 13.6. The predicted octanol–water partition coefficient (Wildman–Crippen LogP) is 5.04. The number of para-hydroxylation sites is 2. The van der Waals surface area contributed by atoms with Crippen LogP contribution in [0.5, 0.6) is 5.75 Å². The maximum Gasteiger partial charge on any atom is 0.276 e. The van der Waals surface area contributed by atoms with Gasteiger partial charge in [-0.05, 0) is 48.5 Å². The Kier molecular flexibility index (Phi) is 4.31. The molecule has 0 saturated carbocycles. The molecule has 0 fully saturated rings. The Morgan fingerprint density at radius 2 is 1.76 bits per heavy atom. The van der Waals surface area contributed by atoms with E-state index in [9.17, 15) is 4.79 Å². The van der Waals surface area contributed by atoms with Gasteiger partial charge in [0.15, 0.2) is 5.69 Å². The highest BCUT2D eigenvalue weighted by atomic mass is 28.4. The summed E-state index contributed by atoms with van der Waals surface area (Å²) in [5.74, 6) is 0.793. The molecule has 6 nitrogen and oxygen atoms in total. The fraction of sp³-hybridized carbons (Fsp3) is 0.273. The molecule has 4 rings (SSSR count). The van der Waals surface area contributed by atoms with Crippen molar-refractivity contribution in [2.75, 3.05) is 5.73 Å². The van der Waals surface area contributed by atoms with Gasteiger partial charge < -0.3 is 20.1 Å². The van der Waals surface area contributed by atoms with E-state index in [-0.39, 0.29) is 16.3 Å². The zero-order chi connectivity index (χ0) is 21.0. The van der Waals surface area contributed by atoms with Crippen molar-refractivity contribution < 1.29 is 4.43 Å². The molecule has 2 aromatic carbocycles. The lowest BCUT2D eigenvalue weighted by atomic mass is 10.2. The number of hydrogen-bond acceptors (Lipinski definition) is 4. The number of hydrogen-bond donors (Lipinski definition) is 3. The van der Waals surface area contributed by atoms with Crippen LogP contribution in [0.25, 0.3) is 33.3 Å². The molecule has 2 aromatic heterocycles. The van der Waals surface area contributed by atoms with E-state index in [1.54, 1.807) is 0 Å². The van der Waals surface area contributed by atoms with Crippen LogP contribution in [0.4, 0.5) is 5.69 Å². The van der Waals surface area contributed by atoms with Gasteiger partial charge in [-0.2, -0.15) is 0 Å². The van der Waals surface area contributed by atoms with Crippen molar-refractivity contribution in [1.29, 1.82) is 0 Å². The second kappa shape index (κ2) is 6.49. The maximum absolute atomic E-state index is 12.6. The van der Waals surface area contributed by atoms with E-state index < -0.39 is 8.32 Å². The van der Waals surface area contributed by atoms with Gasteiger partial charge in [-0.25, -0.2) is 4.98 Å². The Hall–Kier alpha value is -3.06. The Morgan fingerprint density at radius 1 is 1.03 bits per heavy atom. The van der Waals surface area contributed by atoms with Gasteiger partial charge >= 0.3 is 0 Å². The molecule has 0 radical (unpaired) electrons. The van der Waals surface area contributed by atoms with E-state index in [2.05, 4.69) is 48.8 Å². The first-order valence-electron chi connectivity index (χ1n) is 9.66. The quantitative estimate of drug-likeness (QED) is 0.415. The molecule has 4 aromatic rings. The molecule has 0 aliphatic rings. The number of nitrogens with one attached hydrogen (secondary N) is 2. The summed E-state index contributed by atoms with van der Waals surface area (Å²) >= 11 is 0. The number of anilines is 1. The standard InChI is InChI=1S/C22H26N4O2Si/c1-22(2,3)29(4,5)28-13-10-11-15-14(12-13)18(23)19(24-15)20-21(27)26-17-9-7-6-8-16(17)25-20/h6-12,24H,23H2,1-5H3,(H,26,27). The van der Waals surface area contributed by atoms with Crippen LogP contribution in [-0.4, -0.2) is 23.3 Å². The summed E-state index contributed by atoms with van der Waals surface area (Å²) in [6.45, 7) is 11.0. The number of H-pyrrole nitrogens is 2. The third-order valence-corrected chi connectivity index (χ3v) is 10.2. The summed E-state index contributed by atoms with van der Waals surface area (Å²) < 4.78 is 6.41. The van der Waals surface area contributed by atoms with Crippen LogP contribution in [-0.2, 0) is 0 Å². The number of nitrogen functional groups attached to an aromatic ring is 1. The van der Waals surface area contributed by atoms with Gasteiger partial charge in [-0.1, -0.05) is 32.9 Å². The summed E-state index contributed by atoms with van der Waals surface area (Å²) in [6.07, 6.45) is 0. The number of aromatic nitrogens is 3. The van der Waals surface area contributed by atoms with Crippen LogP contribution >= 0.6 is 0 Å². The minimum atomic E-state index is -1.97. The van der Waals surface area contributed by atoms with Gasteiger partial charge in [0.1, 0.15) is 5.75 Å². The van der Waals surface area contributed by atoms with Crippen molar-refractivity contribution in [2.24, 2.45) is 0 Å². The van der Waals surface area contributed by atoms with E-state index in [1.807, 2.05) is 42.5 Å². The summed E-state index contributed by atoms with van der Waals surface area (Å²) in [5.41, 5.74) is 9.70. The lowest BCUT2D eigenvalue weighted by Crippen LogP contribution is -2.43. The molecule has 0 amide bonds. The first-order valence-corrected chi connectivity index (χ1v) is 12.6. The fourth-order valence-electron chi connectivity index (χ4n) is 3.09. The highest BCUT2D eigenvalue weighted by Gasteiger charge is 2.39. The zero-order valence-electron chi connectivity index (χ0n) is 17.4. The molecule has 0 aliphatic heterocycles. The number of fused-ring (bicyclic) bond motifs is 2. The minimum absolute atomic E-state index is 0.0963. The normalized spacial score (nSPS) is 12.6. The van der Waals surface area contributed by atoms with Crippen LogP contribution in [0.15, 0.2) is 47.3 Å². The molecular weight excluding hydrogens is 380 g/mol. The molecule has 150 valence electrons. The van der Waals surface area contributed by atoms with E-state index in [4.69, 9.17) is 10.2 Å². The molecule has 2 heterocycles. The van der Waals surface area contributed by atoms with Crippen LogP contribution in [0.3, 0.4) is 0 Å². The number of rotatable bonds is 3. The summed E-state index contributed by atoms with van der Waals surface area (Å²) in [6, 6.07) is 13.3. The van der Waals surface area contributed by atoms with Crippen LogP contribution in [0, 0.1) is 0 Å². The van der Waals surface area contributed by atoms with Gasteiger partial charge in [0, 0.05) is 10.9 Å². The molecule has 0 bridgehead atoms. The van der Waals surface area contributed by atoms with Crippen molar-refractivity contribution >= 4 is 35.9 Å². The van der Waals surface area contributed by atoms with Gasteiger partial charge in [0.05, 0.1) is 22.4 Å². The molecular formula is C22H26N4O2Si. The van der Waals surface area contributed by atoms with E-state index >= 15 is 0 Å². The number of nitrogens with zero attached hydrogens (tertiary/aromatic N) is 1. The van der Waals surface area contributed by atoms with Crippen LogP contribution in [0.2, 0.25) is 18.1 Å². The Morgan fingerprint density at radius 3 is 2.48 bits per heavy atom. The van der Waals surface area contributed by atoms with Crippen LogP contribution < -0.4 is 15.7 Å². The summed E-state index contributed by atoms with van der Waals surface area (Å²) in [4.78, 5) is 23.3. The number of benzene rings is 2. The maximum atomic E-state index is 12.6. The molecule has 29 heavy (non-hydrogen) atoms. The number of nitrogens with two attached hydrogens (primary N) is 1. The van der Waals surface area contributed by atoms with Gasteiger partial charge in [0.25, 0.3) is 5.56 Å². The first kappa shape index (κ1) is 19.3. The summed E-state index contributed by atoms with van der Waals surface area (Å²) in [5, 5.41) is 0.921. The van der Waals surface area contributed by atoms with Crippen molar-refractivity contribution in [3.05, 3.63) is 52.8 Å². The average molecular weight is 407 g/mol. The van der Waals surface area contributed by atoms with Crippen molar-refractivity contribution in [2.45, 2.75) is 38.9 Å². The third-order valence-electron chi connectivity index (χ3n) is 5.83. The van der Waals surface area contributed by atoms with Gasteiger partial charge in [-0.3, -0.25) is 4.79 Å². The van der Waals surface area contributed by atoms with Crippen molar-refractivity contribution in [3.8, 4) is 17.1 Å². The average Bonchev–Trinajstić information content (AvgIpc) is 2.96. The topological polar surface area (TPSA) is 96.8 Å². The third kappa shape index (κ3) is 3.31. The van der Waals surface area contributed by atoms with Crippen LogP contribution in [0.1, 0.15) is 20.8 Å². The largest absolute Gasteiger partial charge is 0.543 e. The van der Waals surface area contributed by atoms with E-state index in [0.29, 0.717) is 22.4 Å². The second-order valence-corrected chi connectivity index (χ2v) is 13.6. The monoisotopic (exact) mass is 406 g/mol. The highest BCUT2D eigenvalue weighted by Crippen LogP contribution is 2.39. The molecule has 0 unspecified atom stereocenters. The Labute approximate surface area is 170 Å².